The van der Waals surface area contributed by atoms with Crippen LogP contribution in [0.4, 0.5) is 0 Å². The van der Waals surface area contributed by atoms with Gasteiger partial charge in [0.2, 0.25) is 0 Å². The number of nitrogens with zero attached hydrogens (tertiary/aromatic N) is 3. The molecule has 0 N–H and O–H groups in total. The maximum atomic E-state index is 5.27. The van der Waals surface area contributed by atoms with Gasteiger partial charge in [-0.15, -0.1) is 0 Å². The average molecular weight is 626 g/mol. The van der Waals surface area contributed by atoms with Gasteiger partial charge < -0.3 is 0 Å². The maximum absolute atomic E-state index is 5.27. The van der Waals surface area contributed by atoms with Crippen LogP contribution in [0.1, 0.15) is 25.0 Å². The number of benzene rings is 6. The average Bonchev–Trinajstić information content (AvgIpc) is 3.40. The Bertz CT molecular complexity index is 2780. The van der Waals surface area contributed by atoms with E-state index < -0.39 is 0 Å². The van der Waals surface area contributed by atoms with Crippen LogP contribution in [-0.2, 0) is 5.41 Å². The summed E-state index contributed by atoms with van der Waals surface area (Å²) in [5, 5.41) is 5.88. The Kier molecular flexibility index (Phi) is 5.92. The predicted octanol–water partition coefficient (Wildman–Crippen LogP) is 11.8. The molecular weight excluding hydrogens is 595 g/mol. The number of fused-ring (bicyclic) bond motifs is 10. The standard InChI is InChI=1S/C46H31N3/c1-46(2)37-11-5-3-9-34(37)42-38(46)25-24-36-41(42)35-10-4-6-12-40(35)49-43(36)32-19-15-29(16-20-32)28-13-17-30(18-14-28)39-26-23-33-22-21-31-8-7-27-47-44(31)45(33)48-39/h3-27H,1-2H3. The zero-order valence-electron chi connectivity index (χ0n) is 27.3. The van der Waals surface area contributed by atoms with Crippen molar-refractivity contribution in [2.75, 3.05) is 0 Å². The van der Waals surface area contributed by atoms with Gasteiger partial charge in [0.1, 0.15) is 0 Å². The molecule has 0 saturated heterocycles. The molecule has 3 heteroatoms. The van der Waals surface area contributed by atoms with E-state index in [1.807, 2.05) is 12.3 Å². The first kappa shape index (κ1) is 27.9. The SMILES string of the molecule is CC1(C)c2ccccc2-c2c1ccc1c(-c3ccc(-c4ccc(-c5ccc6ccc7cccnc7c6n5)cc4)cc3)nc3ccccc3c21. The Morgan fingerprint density at radius 1 is 0.469 bits per heavy atom. The normalized spacial score (nSPS) is 13.3. The molecule has 0 unspecified atom stereocenters. The summed E-state index contributed by atoms with van der Waals surface area (Å²) in [6, 6.07) is 52.2. The van der Waals surface area contributed by atoms with E-state index in [0.717, 1.165) is 55.4 Å². The number of pyridine rings is 3. The van der Waals surface area contributed by atoms with Gasteiger partial charge in [0.15, 0.2) is 0 Å². The molecule has 3 aromatic heterocycles. The topological polar surface area (TPSA) is 38.7 Å². The van der Waals surface area contributed by atoms with Gasteiger partial charge in [0.25, 0.3) is 0 Å². The number of hydrogen-bond donors (Lipinski definition) is 0. The Morgan fingerprint density at radius 3 is 1.96 bits per heavy atom. The van der Waals surface area contributed by atoms with Gasteiger partial charge in [-0.25, -0.2) is 9.97 Å². The largest absolute Gasteiger partial charge is 0.254 e. The molecule has 49 heavy (non-hydrogen) atoms. The summed E-state index contributed by atoms with van der Waals surface area (Å²) in [4.78, 5) is 14.9. The number of para-hydroxylation sites is 1. The molecule has 0 bridgehead atoms. The Labute approximate surface area is 284 Å². The molecule has 0 saturated carbocycles. The molecule has 6 aromatic carbocycles. The summed E-state index contributed by atoms with van der Waals surface area (Å²) in [5.74, 6) is 0. The van der Waals surface area contributed by atoms with Gasteiger partial charge in [-0.2, -0.15) is 0 Å². The molecule has 1 aliphatic rings. The van der Waals surface area contributed by atoms with E-state index in [4.69, 9.17) is 9.97 Å². The Balaban J connectivity index is 1.04. The van der Waals surface area contributed by atoms with Gasteiger partial charge >= 0.3 is 0 Å². The van der Waals surface area contributed by atoms with Crippen LogP contribution in [0.25, 0.3) is 88.2 Å². The van der Waals surface area contributed by atoms with E-state index in [-0.39, 0.29) is 5.41 Å². The minimum Gasteiger partial charge on any atom is -0.254 e. The summed E-state index contributed by atoms with van der Waals surface area (Å²) >= 11 is 0. The van der Waals surface area contributed by atoms with Crippen LogP contribution < -0.4 is 0 Å². The smallest absolute Gasteiger partial charge is 0.0972 e. The molecule has 0 fully saturated rings. The molecule has 3 heterocycles. The zero-order chi connectivity index (χ0) is 32.7. The van der Waals surface area contributed by atoms with Crippen LogP contribution in [0, 0.1) is 0 Å². The highest BCUT2D eigenvalue weighted by Crippen LogP contribution is 2.53. The van der Waals surface area contributed by atoms with Crippen LogP contribution in [0.2, 0.25) is 0 Å². The fraction of sp³-hybridized carbons (Fsp3) is 0.0652. The molecule has 9 aromatic rings. The third-order valence-corrected chi connectivity index (χ3v) is 10.5. The lowest BCUT2D eigenvalue weighted by molar-refractivity contribution is 0.661. The van der Waals surface area contributed by atoms with Crippen molar-refractivity contribution in [1.82, 2.24) is 15.0 Å². The molecule has 0 atom stereocenters. The second-order valence-corrected chi connectivity index (χ2v) is 13.6. The highest BCUT2D eigenvalue weighted by Gasteiger charge is 2.36. The van der Waals surface area contributed by atoms with Crippen molar-refractivity contribution in [2.45, 2.75) is 19.3 Å². The molecule has 0 aliphatic heterocycles. The Morgan fingerprint density at radius 2 is 1.14 bits per heavy atom. The van der Waals surface area contributed by atoms with E-state index in [2.05, 4.69) is 158 Å². The highest BCUT2D eigenvalue weighted by atomic mass is 14.8. The number of rotatable bonds is 3. The van der Waals surface area contributed by atoms with E-state index in [9.17, 15) is 0 Å². The van der Waals surface area contributed by atoms with Crippen LogP contribution >= 0.6 is 0 Å². The quantitative estimate of drug-likeness (QED) is 0.183. The van der Waals surface area contributed by atoms with Gasteiger partial charge in [-0.1, -0.05) is 141 Å². The molecule has 3 nitrogen and oxygen atoms in total. The van der Waals surface area contributed by atoms with E-state index in [1.54, 1.807) is 0 Å². The third kappa shape index (κ3) is 4.19. The van der Waals surface area contributed by atoms with Crippen LogP contribution in [-0.4, -0.2) is 15.0 Å². The zero-order valence-corrected chi connectivity index (χ0v) is 27.3. The van der Waals surface area contributed by atoms with Crippen molar-refractivity contribution in [3.63, 3.8) is 0 Å². The second kappa shape index (κ2) is 10.4. The molecule has 10 rings (SSSR count). The van der Waals surface area contributed by atoms with Crippen molar-refractivity contribution >= 4 is 43.5 Å². The molecule has 0 spiro atoms. The monoisotopic (exact) mass is 625 g/mol. The van der Waals surface area contributed by atoms with E-state index in [1.165, 1.54) is 44.0 Å². The first-order chi connectivity index (χ1) is 24.0. The molecular formula is C46H31N3. The minimum absolute atomic E-state index is 0.0577. The highest BCUT2D eigenvalue weighted by molar-refractivity contribution is 6.19. The molecule has 230 valence electrons. The lowest BCUT2D eigenvalue weighted by Crippen LogP contribution is -2.14. The van der Waals surface area contributed by atoms with Gasteiger partial charge in [0.05, 0.1) is 27.9 Å². The fourth-order valence-corrected chi connectivity index (χ4v) is 7.99. The first-order valence-corrected chi connectivity index (χ1v) is 16.9. The van der Waals surface area contributed by atoms with Crippen molar-refractivity contribution in [2.24, 2.45) is 0 Å². The molecule has 0 amide bonds. The Hall–Kier alpha value is -6.19. The van der Waals surface area contributed by atoms with E-state index >= 15 is 0 Å². The molecule has 1 aliphatic carbocycles. The third-order valence-electron chi connectivity index (χ3n) is 10.5. The van der Waals surface area contributed by atoms with Crippen LogP contribution in [0.5, 0.6) is 0 Å². The summed E-state index contributed by atoms with van der Waals surface area (Å²) in [6.07, 6.45) is 1.83. The van der Waals surface area contributed by atoms with Crippen molar-refractivity contribution in [3.05, 3.63) is 163 Å². The fourth-order valence-electron chi connectivity index (χ4n) is 7.99. The van der Waals surface area contributed by atoms with Gasteiger partial charge in [-0.05, 0) is 51.6 Å². The number of hydrogen-bond acceptors (Lipinski definition) is 3. The van der Waals surface area contributed by atoms with Crippen LogP contribution in [0.15, 0.2) is 152 Å². The summed E-state index contributed by atoms with van der Waals surface area (Å²) in [5.41, 5.74) is 14.8. The summed E-state index contributed by atoms with van der Waals surface area (Å²) in [7, 11) is 0. The minimum atomic E-state index is -0.0577. The maximum Gasteiger partial charge on any atom is 0.0972 e. The van der Waals surface area contributed by atoms with Crippen molar-refractivity contribution in [1.29, 1.82) is 0 Å². The summed E-state index contributed by atoms with van der Waals surface area (Å²) < 4.78 is 0. The van der Waals surface area contributed by atoms with Gasteiger partial charge in [-0.3, -0.25) is 4.98 Å². The second-order valence-electron chi connectivity index (χ2n) is 13.6. The lowest BCUT2D eigenvalue weighted by Gasteiger charge is -2.22. The number of aromatic nitrogens is 3. The lowest BCUT2D eigenvalue weighted by atomic mass is 9.82. The van der Waals surface area contributed by atoms with Crippen molar-refractivity contribution < 1.29 is 0 Å². The van der Waals surface area contributed by atoms with E-state index in [0.29, 0.717) is 0 Å². The summed E-state index contributed by atoms with van der Waals surface area (Å²) in [6.45, 7) is 4.69. The van der Waals surface area contributed by atoms with Crippen molar-refractivity contribution in [3.8, 4) is 44.8 Å². The van der Waals surface area contributed by atoms with Crippen LogP contribution in [0.3, 0.4) is 0 Å². The predicted molar refractivity (Wildman–Crippen MR) is 204 cm³/mol. The molecule has 0 radical (unpaired) electrons. The van der Waals surface area contributed by atoms with Gasteiger partial charge in [0, 0.05) is 49.7 Å². The first-order valence-electron chi connectivity index (χ1n) is 16.9.